The Hall–Kier alpha value is -3.41. The van der Waals surface area contributed by atoms with E-state index in [4.69, 9.17) is 4.74 Å². The molecular weight excluding hydrogens is 308 g/mol. The molecule has 0 unspecified atom stereocenters. The monoisotopic (exact) mass is 322 g/mol. The second kappa shape index (κ2) is 6.37. The van der Waals surface area contributed by atoms with Crippen molar-refractivity contribution in [1.82, 2.24) is 9.97 Å². The van der Waals surface area contributed by atoms with Gasteiger partial charge >= 0.3 is 0 Å². The molecule has 0 atom stereocenters. The molecule has 2 aromatic heterocycles. The molecule has 0 saturated carbocycles. The highest BCUT2D eigenvalue weighted by atomic mass is 16.5. The SMILES string of the molecule is COc1ccc(C(=O)/C=C/c2c(O)c3cccnc3[nH]c2=O)cc1. The molecule has 3 aromatic rings. The molecule has 0 radical (unpaired) electrons. The number of H-pyrrole nitrogens is 1. The summed E-state index contributed by atoms with van der Waals surface area (Å²) < 4.78 is 5.04. The Bertz CT molecular complexity index is 988. The lowest BCUT2D eigenvalue weighted by molar-refractivity contribution is 0.104. The molecule has 0 aliphatic carbocycles. The Morgan fingerprint density at radius 2 is 2.00 bits per heavy atom. The number of rotatable bonds is 4. The van der Waals surface area contributed by atoms with Crippen LogP contribution < -0.4 is 10.3 Å². The van der Waals surface area contributed by atoms with E-state index >= 15 is 0 Å². The molecule has 0 amide bonds. The van der Waals surface area contributed by atoms with Crippen LogP contribution in [0.2, 0.25) is 0 Å². The number of pyridine rings is 2. The van der Waals surface area contributed by atoms with Gasteiger partial charge in [-0.3, -0.25) is 9.59 Å². The first kappa shape index (κ1) is 15.5. The van der Waals surface area contributed by atoms with Crippen LogP contribution in [-0.2, 0) is 0 Å². The van der Waals surface area contributed by atoms with Gasteiger partial charge in [-0.2, -0.15) is 0 Å². The van der Waals surface area contributed by atoms with Gasteiger partial charge in [0.25, 0.3) is 5.56 Å². The van der Waals surface area contributed by atoms with Crippen LogP contribution in [0.1, 0.15) is 15.9 Å². The summed E-state index contributed by atoms with van der Waals surface area (Å²) in [6, 6.07) is 9.88. The molecule has 2 N–H and O–H groups in total. The van der Waals surface area contributed by atoms with Crippen molar-refractivity contribution in [3.63, 3.8) is 0 Å². The highest BCUT2D eigenvalue weighted by molar-refractivity contribution is 6.07. The lowest BCUT2D eigenvalue weighted by atomic mass is 10.1. The van der Waals surface area contributed by atoms with E-state index in [2.05, 4.69) is 9.97 Å². The molecule has 0 spiro atoms. The van der Waals surface area contributed by atoms with Crippen molar-refractivity contribution < 1.29 is 14.6 Å². The topological polar surface area (TPSA) is 92.3 Å². The van der Waals surface area contributed by atoms with Crippen LogP contribution >= 0.6 is 0 Å². The number of ether oxygens (including phenoxy) is 1. The minimum absolute atomic E-state index is 0.0114. The van der Waals surface area contributed by atoms with Crippen molar-refractivity contribution in [3.05, 3.63) is 70.2 Å². The summed E-state index contributed by atoms with van der Waals surface area (Å²) in [4.78, 5) is 30.8. The lowest BCUT2D eigenvalue weighted by Gasteiger charge is -2.03. The second-order valence-corrected chi connectivity index (χ2v) is 5.04. The molecule has 6 heteroatoms. The first-order valence-electron chi connectivity index (χ1n) is 7.16. The maximum absolute atomic E-state index is 12.2. The van der Waals surface area contributed by atoms with Crippen molar-refractivity contribution in [1.29, 1.82) is 0 Å². The number of aromatic hydroxyl groups is 1. The molecular formula is C18H14N2O4. The van der Waals surface area contributed by atoms with Gasteiger partial charge < -0.3 is 14.8 Å². The number of hydrogen-bond donors (Lipinski definition) is 2. The quantitative estimate of drug-likeness (QED) is 0.569. The highest BCUT2D eigenvalue weighted by Crippen LogP contribution is 2.24. The van der Waals surface area contributed by atoms with Gasteiger partial charge in [-0.05, 0) is 48.6 Å². The standard InChI is InChI=1S/C18H14N2O4/c1-24-12-6-4-11(5-7-12)15(21)9-8-14-16(22)13-3-2-10-19-17(13)20-18(14)23/h2-10H,1H3,(H2,19,20,22,23)/b9-8+. The van der Waals surface area contributed by atoms with Crippen LogP contribution in [0.4, 0.5) is 0 Å². The number of methoxy groups -OCH3 is 1. The Kier molecular flexibility index (Phi) is 4.11. The van der Waals surface area contributed by atoms with Crippen LogP contribution in [0.5, 0.6) is 11.5 Å². The number of aromatic nitrogens is 2. The average molecular weight is 322 g/mol. The number of hydrogen-bond acceptors (Lipinski definition) is 5. The van der Waals surface area contributed by atoms with Gasteiger partial charge in [0.05, 0.1) is 18.1 Å². The van der Waals surface area contributed by atoms with Gasteiger partial charge in [-0.25, -0.2) is 4.98 Å². The zero-order valence-electron chi connectivity index (χ0n) is 12.8. The van der Waals surface area contributed by atoms with Crippen LogP contribution in [0.25, 0.3) is 17.1 Å². The van der Waals surface area contributed by atoms with Gasteiger partial charge in [-0.1, -0.05) is 0 Å². The predicted molar refractivity (Wildman–Crippen MR) is 90.4 cm³/mol. The summed E-state index contributed by atoms with van der Waals surface area (Å²) in [5.41, 5.74) is 0.235. The maximum Gasteiger partial charge on any atom is 0.260 e. The first-order valence-corrected chi connectivity index (χ1v) is 7.16. The number of fused-ring (bicyclic) bond motifs is 1. The number of carbonyl (C=O) groups is 1. The summed E-state index contributed by atoms with van der Waals surface area (Å²) in [6.07, 6.45) is 4.06. The van der Waals surface area contributed by atoms with E-state index in [1.54, 1.807) is 43.5 Å². The first-order chi connectivity index (χ1) is 11.6. The van der Waals surface area contributed by atoms with E-state index in [1.165, 1.54) is 18.3 Å². The number of nitrogens with zero attached hydrogens (tertiary/aromatic N) is 1. The summed E-state index contributed by atoms with van der Waals surface area (Å²) in [5, 5.41) is 10.7. The van der Waals surface area contributed by atoms with E-state index in [1.807, 2.05) is 0 Å². The van der Waals surface area contributed by atoms with Crippen molar-refractivity contribution in [2.45, 2.75) is 0 Å². The molecule has 0 aliphatic heterocycles. The number of allylic oxidation sites excluding steroid dienone is 1. The fourth-order valence-electron chi connectivity index (χ4n) is 2.29. The van der Waals surface area contributed by atoms with E-state index in [-0.39, 0.29) is 17.1 Å². The molecule has 2 heterocycles. The van der Waals surface area contributed by atoms with Crippen molar-refractivity contribution in [2.24, 2.45) is 0 Å². The summed E-state index contributed by atoms with van der Waals surface area (Å²) in [5.74, 6) is 0.148. The van der Waals surface area contributed by atoms with Gasteiger partial charge in [-0.15, -0.1) is 0 Å². The third-order valence-corrected chi connectivity index (χ3v) is 3.57. The van der Waals surface area contributed by atoms with Gasteiger partial charge in [0.2, 0.25) is 0 Å². The van der Waals surface area contributed by atoms with Crippen LogP contribution in [0.3, 0.4) is 0 Å². The molecule has 3 rings (SSSR count). The zero-order valence-corrected chi connectivity index (χ0v) is 12.8. The Balaban J connectivity index is 1.95. The van der Waals surface area contributed by atoms with Crippen molar-refractivity contribution in [2.75, 3.05) is 7.11 Å². The van der Waals surface area contributed by atoms with Gasteiger partial charge in [0.1, 0.15) is 17.1 Å². The zero-order chi connectivity index (χ0) is 17.1. The number of carbonyl (C=O) groups excluding carboxylic acids is 1. The van der Waals surface area contributed by atoms with Crippen molar-refractivity contribution in [3.8, 4) is 11.5 Å². The van der Waals surface area contributed by atoms with Crippen LogP contribution in [-0.4, -0.2) is 28.0 Å². The average Bonchev–Trinajstić information content (AvgIpc) is 2.61. The minimum atomic E-state index is -0.516. The minimum Gasteiger partial charge on any atom is -0.506 e. The summed E-state index contributed by atoms with van der Waals surface area (Å²) >= 11 is 0. The molecule has 120 valence electrons. The summed E-state index contributed by atoms with van der Waals surface area (Å²) in [7, 11) is 1.54. The molecule has 1 aromatic carbocycles. The van der Waals surface area contributed by atoms with Crippen molar-refractivity contribution >= 4 is 22.9 Å². The Labute approximate surface area is 137 Å². The molecule has 0 saturated heterocycles. The van der Waals surface area contributed by atoms with Gasteiger partial charge in [0, 0.05) is 11.8 Å². The Morgan fingerprint density at radius 3 is 2.71 bits per heavy atom. The molecule has 6 nitrogen and oxygen atoms in total. The van der Waals surface area contributed by atoms with Crippen LogP contribution in [0.15, 0.2) is 53.5 Å². The molecule has 24 heavy (non-hydrogen) atoms. The summed E-state index contributed by atoms with van der Waals surface area (Å²) in [6.45, 7) is 0. The van der Waals surface area contributed by atoms with Gasteiger partial charge in [0.15, 0.2) is 5.78 Å². The third kappa shape index (κ3) is 2.89. The fraction of sp³-hybridized carbons (Fsp3) is 0.0556. The molecule has 0 fully saturated rings. The van der Waals surface area contributed by atoms with E-state index < -0.39 is 5.56 Å². The lowest BCUT2D eigenvalue weighted by Crippen LogP contribution is -2.10. The number of nitrogens with one attached hydrogen (secondary N) is 1. The third-order valence-electron chi connectivity index (χ3n) is 3.57. The largest absolute Gasteiger partial charge is 0.506 e. The van der Waals surface area contributed by atoms with Crippen LogP contribution in [0, 0.1) is 0 Å². The fourth-order valence-corrected chi connectivity index (χ4v) is 2.29. The Morgan fingerprint density at radius 1 is 1.25 bits per heavy atom. The number of ketones is 1. The highest BCUT2D eigenvalue weighted by Gasteiger charge is 2.10. The molecule has 0 bridgehead atoms. The predicted octanol–water partition coefficient (Wildman–Crippen LogP) is 2.53. The van der Waals surface area contributed by atoms with E-state index in [0.29, 0.717) is 22.3 Å². The maximum atomic E-state index is 12.2. The number of aromatic amines is 1. The number of benzene rings is 1. The van der Waals surface area contributed by atoms with E-state index in [0.717, 1.165) is 0 Å². The molecule has 0 aliphatic rings. The normalized spacial score (nSPS) is 11.0. The van der Waals surface area contributed by atoms with E-state index in [9.17, 15) is 14.7 Å². The second-order valence-electron chi connectivity index (χ2n) is 5.04. The smallest absolute Gasteiger partial charge is 0.260 e.